The molecule has 0 aromatic carbocycles. The molecular weight excluding hydrogens is 294 g/mol. The Labute approximate surface area is 134 Å². The van der Waals surface area contributed by atoms with Gasteiger partial charge in [-0.2, -0.15) is 0 Å². The van der Waals surface area contributed by atoms with Crippen LogP contribution in [0.4, 0.5) is 5.82 Å². The number of nitrogens with zero attached hydrogens (tertiary/aromatic N) is 3. The number of rotatable bonds is 4. The van der Waals surface area contributed by atoms with Gasteiger partial charge in [-0.25, -0.2) is 14.8 Å². The molecule has 120 valence electrons. The Kier molecular flexibility index (Phi) is 4.41. The van der Waals surface area contributed by atoms with Crippen LogP contribution in [0.3, 0.4) is 0 Å². The zero-order valence-electron chi connectivity index (χ0n) is 13.0. The van der Waals surface area contributed by atoms with E-state index in [1.165, 1.54) is 6.07 Å². The molecule has 0 aliphatic carbocycles. The van der Waals surface area contributed by atoms with E-state index in [1.54, 1.807) is 12.3 Å². The van der Waals surface area contributed by atoms with Gasteiger partial charge in [-0.15, -0.1) is 0 Å². The third-order valence-electron chi connectivity index (χ3n) is 3.96. The largest absolute Gasteiger partial charge is 0.477 e. The molecule has 0 bridgehead atoms. The number of piperidine rings is 1. The summed E-state index contributed by atoms with van der Waals surface area (Å²) in [5.74, 6) is 0.394. The van der Waals surface area contributed by atoms with Crippen molar-refractivity contribution in [2.24, 2.45) is 0 Å². The Hall–Kier alpha value is -2.63. The highest BCUT2D eigenvalue weighted by Crippen LogP contribution is 2.22. The normalized spacial score (nSPS) is 15.4. The van der Waals surface area contributed by atoms with Crippen molar-refractivity contribution in [2.45, 2.75) is 25.9 Å². The summed E-state index contributed by atoms with van der Waals surface area (Å²) in [5, 5.41) is 9.03. The van der Waals surface area contributed by atoms with Gasteiger partial charge < -0.3 is 14.7 Å². The summed E-state index contributed by atoms with van der Waals surface area (Å²) < 4.78 is 5.98. The molecular formula is C17H19N3O3. The number of aryl methyl sites for hydroxylation is 1. The summed E-state index contributed by atoms with van der Waals surface area (Å²) in [6, 6.07) is 8.96. The maximum absolute atomic E-state index is 11.0. The molecule has 0 radical (unpaired) electrons. The van der Waals surface area contributed by atoms with E-state index >= 15 is 0 Å². The number of hydrogen-bond acceptors (Lipinski definition) is 5. The van der Waals surface area contributed by atoms with E-state index in [1.807, 2.05) is 25.1 Å². The van der Waals surface area contributed by atoms with Gasteiger partial charge in [-0.1, -0.05) is 12.1 Å². The highest BCUT2D eigenvalue weighted by Gasteiger charge is 2.22. The van der Waals surface area contributed by atoms with Crippen molar-refractivity contribution in [2.75, 3.05) is 18.0 Å². The minimum absolute atomic E-state index is 0.0741. The first kappa shape index (κ1) is 15.3. The minimum Gasteiger partial charge on any atom is -0.477 e. The molecule has 0 unspecified atom stereocenters. The molecule has 6 nitrogen and oxygen atoms in total. The lowest BCUT2D eigenvalue weighted by Crippen LogP contribution is -2.39. The van der Waals surface area contributed by atoms with Gasteiger partial charge in [0, 0.05) is 37.7 Å². The number of anilines is 1. The number of pyridine rings is 2. The predicted octanol–water partition coefficient (Wildman–Crippen LogP) is 2.53. The van der Waals surface area contributed by atoms with E-state index in [0.717, 1.165) is 31.5 Å². The van der Waals surface area contributed by atoms with Gasteiger partial charge in [0.2, 0.25) is 5.88 Å². The van der Waals surface area contributed by atoms with Gasteiger partial charge in [-0.3, -0.25) is 0 Å². The van der Waals surface area contributed by atoms with E-state index in [9.17, 15) is 4.79 Å². The zero-order chi connectivity index (χ0) is 16.2. The Bertz CT molecular complexity index is 697. The molecule has 2 aromatic rings. The fourth-order valence-corrected chi connectivity index (χ4v) is 2.67. The summed E-state index contributed by atoms with van der Waals surface area (Å²) in [5.41, 5.74) is 1.11. The molecule has 0 atom stereocenters. The molecule has 0 amide bonds. The molecule has 3 rings (SSSR count). The summed E-state index contributed by atoms with van der Waals surface area (Å²) >= 11 is 0. The molecule has 1 N–H and O–H groups in total. The predicted molar refractivity (Wildman–Crippen MR) is 86.0 cm³/mol. The third-order valence-corrected chi connectivity index (χ3v) is 3.96. The average Bonchev–Trinajstić information content (AvgIpc) is 2.58. The summed E-state index contributed by atoms with van der Waals surface area (Å²) in [6.07, 6.45) is 3.57. The standard InChI is InChI=1S/C17H19N3O3/c1-12-4-3-9-18-16(12)23-13-7-10-20(11-8-13)15-6-2-5-14(19-15)17(21)22/h2-6,9,13H,7-8,10-11H2,1H3,(H,21,22). The van der Waals surface area contributed by atoms with Crippen LogP contribution in [0.5, 0.6) is 5.88 Å². The molecule has 1 saturated heterocycles. The highest BCUT2D eigenvalue weighted by molar-refractivity contribution is 5.85. The van der Waals surface area contributed by atoms with E-state index in [-0.39, 0.29) is 11.8 Å². The fourth-order valence-electron chi connectivity index (χ4n) is 2.67. The second-order valence-electron chi connectivity index (χ2n) is 5.62. The highest BCUT2D eigenvalue weighted by atomic mass is 16.5. The lowest BCUT2D eigenvalue weighted by molar-refractivity contribution is 0.0690. The van der Waals surface area contributed by atoms with Gasteiger partial charge in [0.05, 0.1) is 0 Å². The Morgan fingerprint density at radius 3 is 2.74 bits per heavy atom. The van der Waals surface area contributed by atoms with Crippen LogP contribution < -0.4 is 9.64 Å². The van der Waals surface area contributed by atoms with E-state index in [4.69, 9.17) is 9.84 Å². The SMILES string of the molecule is Cc1cccnc1OC1CCN(c2cccc(C(=O)O)n2)CC1. The van der Waals surface area contributed by atoms with Crippen molar-refractivity contribution in [1.82, 2.24) is 9.97 Å². The van der Waals surface area contributed by atoms with Gasteiger partial charge >= 0.3 is 5.97 Å². The van der Waals surface area contributed by atoms with E-state index in [2.05, 4.69) is 14.9 Å². The Balaban J connectivity index is 1.61. The number of hydrogen-bond donors (Lipinski definition) is 1. The van der Waals surface area contributed by atoms with Crippen molar-refractivity contribution < 1.29 is 14.6 Å². The van der Waals surface area contributed by atoms with Crippen LogP contribution in [0.25, 0.3) is 0 Å². The maximum atomic E-state index is 11.0. The zero-order valence-corrected chi connectivity index (χ0v) is 13.0. The molecule has 0 spiro atoms. The summed E-state index contributed by atoms with van der Waals surface area (Å²) in [4.78, 5) is 21.6. The molecule has 6 heteroatoms. The molecule has 1 aliphatic heterocycles. The van der Waals surface area contributed by atoms with Gasteiger partial charge in [0.15, 0.2) is 5.69 Å². The van der Waals surface area contributed by atoms with Crippen molar-refractivity contribution in [3.63, 3.8) is 0 Å². The summed E-state index contributed by atoms with van der Waals surface area (Å²) in [6.45, 7) is 3.55. The molecule has 0 saturated carbocycles. The number of carboxylic acids is 1. The van der Waals surface area contributed by atoms with E-state index in [0.29, 0.717) is 11.7 Å². The van der Waals surface area contributed by atoms with Crippen LogP contribution >= 0.6 is 0 Å². The van der Waals surface area contributed by atoms with Crippen LogP contribution in [0.2, 0.25) is 0 Å². The first-order chi connectivity index (χ1) is 11.1. The van der Waals surface area contributed by atoms with Crippen molar-refractivity contribution in [1.29, 1.82) is 0 Å². The lowest BCUT2D eigenvalue weighted by Gasteiger charge is -2.33. The number of carboxylic acid groups (broad SMARTS) is 1. The van der Waals surface area contributed by atoms with Crippen molar-refractivity contribution in [3.8, 4) is 5.88 Å². The van der Waals surface area contributed by atoms with Gasteiger partial charge in [-0.05, 0) is 25.1 Å². The first-order valence-corrected chi connectivity index (χ1v) is 7.67. The van der Waals surface area contributed by atoms with Crippen LogP contribution in [0, 0.1) is 6.92 Å². The summed E-state index contributed by atoms with van der Waals surface area (Å²) in [7, 11) is 0. The van der Waals surface area contributed by atoms with Crippen LogP contribution in [0.15, 0.2) is 36.5 Å². The van der Waals surface area contributed by atoms with E-state index < -0.39 is 5.97 Å². The van der Waals surface area contributed by atoms with Crippen molar-refractivity contribution in [3.05, 3.63) is 47.8 Å². The number of aromatic nitrogens is 2. The first-order valence-electron chi connectivity index (χ1n) is 7.67. The Morgan fingerprint density at radius 2 is 2.04 bits per heavy atom. The molecule has 2 aromatic heterocycles. The maximum Gasteiger partial charge on any atom is 0.354 e. The quantitative estimate of drug-likeness (QED) is 0.935. The number of carbonyl (C=O) groups is 1. The van der Waals surface area contributed by atoms with Gasteiger partial charge in [0.1, 0.15) is 11.9 Å². The molecule has 1 fully saturated rings. The fraction of sp³-hybridized carbons (Fsp3) is 0.353. The van der Waals surface area contributed by atoms with Crippen LogP contribution in [-0.4, -0.2) is 40.2 Å². The second-order valence-corrected chi connectivity index (χ2v) is 5.62. The monoisotopic (exact) mass is 313 g/mol. The topological polar surface area (TPSA) is 75.5 Å². The van der Waals surface area contributed by atoms with Gasteiger partial charge in [0.25, 0.3) is 0 Å². The number of ether oxygens (including phenoxy) is 1. The minimum atomic E-state index is -1.00. The second kappa shape index (κ2) is 6.64. The van der Waals surface area contributed by atoms with Crippen molar-refractivity contribution >= 4 is 11.8 Å². The third kappa shape index (κ3) is 3.59. The smallest absolute Gasteiger partial charge is 0.354 e. The lowest BCUT2D eigenvalue weighted by atomic mass is 10.1. The Morgan fingerprint density at radius 1 is 1.26 bits per heavy atom. The number of aromatic carboxylic acids is 1. The molecule has 1 aliphatic rings. The molecule has 3 heterocycles. The molecule has 23 heavy (non-hydrogen) atoms. The average molecular weight is 313 g/mol. The van der Waals surface area contributed by atoms with Crippen LogP contribution in [0.1, 0.15) is 28.9 Å². The van der Waals surface area contributed by atoms with Crippen LogP contribution in [-0.2, 0) is 0 Å².